The lowest BCUT2D eigenvalue weighted by Crippen LogP contribution is -2.14. The first-order valence-corrected chi connectivity index (χ1v) is 6.53. The van der Waals surface area contributed by atoms with Gasteiger partial charge >= 0.3 is 5.97 Å². The predicted molar refractivity (Wildman–Crippen MR) is 76.1 cm³/mol. The van der Waals surface area contributed by atoms with E-state index in [1.807, 2.05) is 36.4 Å². The zero-order valence-corrected chi connectivity index (χ0v) is 11.3. The lowest BCUT2D eigenvalue weighted by Gasteiger charge is -2.21. The first-order valence-electron chi connectivity index (χ1n) is 6.53. The highest BCUT2D eigenvalue weighted by Gasteiger charge is 2.27. The Hall–Kier alpha value is -2.16. The number of ether oxygens (including phenoxy) is 1. The third kappa shape index (κ3) is 3.44. The molecule has 2 aromatic carbocycles. The largest absolute Gasteiger partial charge is 0.469 e. The SMILES string of the molecule is COC(=O)C[C@H](c1ccccc1)[C@@H](F)c1ccccc1. The number of hydrogen-bond donors (Lipinski definition) is 0. The lowest BCUT2D eigenvalue weighted by atomic mass is 9.87. The van der Waals surface area contributed by atoms with Crippen molar-refractivity contribution < 1.29 is 13.9 Å². The van der Waals surface area contributed by atoms with Gasteiger partial charge in [0.2, 0.25) is 0 Å². The number of carbonyl (C=O) groups is 1. The van der Waals surface area contributed by atoms with Gasteiger partial charge in [-0.15, -0.1) is 0 Å². The van der Waals surface area contributed by atoms with Crippen LogP contribution in [0.1, 0.15) is 29.6 Å². The highest BCUT2D eigenvalue weighted by molar-refractivity contribution is 5.70. The number of carbonyl (C=O) groups excluding carboxylic acids is 1. The van der Waals surface area contributed by atoms with Crippen LogP contribution in [-0.4, -0.2) is 13.1 Å². The van der Waals surface area contributed by atoms with E-state index in [1.165, 1.54) is 7.11 Å². The molecule has 0 aromatic heterocycles. The van der Waals surface area contributed by atoms with Crippen molar-refractivity contribution in [2.75, 3.05) is 7.11 Å². The normalized spacial score (nSPS) is 13.5. The maximum absolute atomic E-state index is 14.8. The molecule has 104 valence electrons. The maximum atomic E-state index is 14.8. The van der Waals surface area contributed by atoms with Gasteiger partial charge in [-0.3, -0.25) is 4.79 Å². The van der Waals surface area contributed by atoms with Crippen LogP contribution in [0, 0.1) is 0 Å². The van der Waals surface area contributed by atoms with Crippen LogP contribution in [0.2, 0.25) is 0 Å². The topological polar surface area (TPSA) is 26.3 Å². The quantitative estimate of drug-likeness (QED) is 0.768. The standard InChI is InChI=1S/C17H17FO2/c1-20-16(19)12-15(13-8-4-2-5-9-13)17(18)14-10-6-3-7-11-14/h2-11,15,17H,12H2,1H3/t15-,17+/m1/s1. The molecule has 0 N–H and O–H groups in total. The molecular formula is C17H17FO2. The van der Waals surface area contributed by atoms with Crippen molar-refractivity contribution >= 4 is 5.97 Å². The Morgan fingerprint density at radius 3 is 2.00 bits per heavy atom. The van der Waals surface area contributed by atoms with Gasteiger partial charge in [0.05, 0.1) is 13.5 Å². The third-order valence-electron chi connectivity index (χ3n) is 3.31. The number of halogens is 1. The van der Waals surface area contributed by atoms with Gasteiger partial charge in [0.15, 0.2) is 0 Å². The Morgan fingerprint density at radius 1 is 1.00 bits per heavy atom. The van der Waals surface area contributed by atoms with Gasteiger partial charge in [-0.2, -0.15) is 0 Å². The molecule has 3 heteroatoms. The van der Waals surface area contributed by atoms with E-state index < -0.39 is 18.1 Å². The average Bonchev–Trinajstić information content (AvgIpc) is 2.53. The fourth-order valence-corrected chi connectivity index (χ4v) is 2.22. The van der Waals surface area contributed by atoms with Crippen molar-refractivity contribution in [1.29, 1.82) is 0 Å². The Bertz CT molecular complexity index is 539. The summed E-state index contributed by atoms with van der Waals surface area (Å²) in [7, 11) is 1.32. The van der Waals surface area contributed by atoms with Crippen LogP contribution in [0.5, 0.6) is 0 Å². The van der Waals surface area contributed by atoms with Crippen molar-refractivity contribution in [1.82, 2.24) is 0 Å². The summed E-state index contributed by atoms with van der Waals surface area (Å²) in [6, 6.07) is 18.1. The van der Waals surface area contributed by atoms with Gasteiger partial charge in [-0.1, -0.05) is 60.7 Å². The van der Waals surface area contributed by atoms with Crippen molar-refractivity contribution in [3.8, 4) is 0 Å². The minimum absolute atomic E-state index is 0.0244. The van der Waals surface area contributed by atoms with E-state index in [4.69, 9.17) is 0 Å². The maximum Gasteiger partial charge on any atom is 0.306 e. The van der Waals surface area contributed by atoms with Crippen LogP contribution < -0.4 is 0 Å². The number of methoxy groups -OCH3 is 1. The molecule has 0 amide bonds. The fourth-order valence-electron chi connectivity index (χ4n) is 2.22. The number of rotatable bonds is 5. The van der Waals surface area contributed by atoms with Crippen LogP contribution in [0.15, 0.2) is 60.7 Å². The number of esters is 1. The van der Waals surface area contributed by atoms with Crippen LogP contribution in [-0.2, 0) is 9.53 Å². The molecule has 0 aliphatic rings. The van der Waals surface area contributed by atoms with Gasteiger partial charge in [0, 0.05) is 5.92 Å². The molecule has 2 nitrogen and oxygen atoms in total. The molecule has 0 unspecified atom stereocenters. The van der Waals surface area contributed by atoms with Crippen molar-refractivity contribution in [2.45, 2.75) is 18.5 Å². The van der Waals surface area contributed by atoms with Crippen molar-refractivity contribution in [2.24, 2.45) is 0 Å². The van der Waals surface area contributed by atoms with Crippen molar-refractivity contribution in [3.63, 3.8) is 0 Å². The molecule has 0 fully saturated rings. The summed E-state index contributed by atoms with van der Waals surface area (Å²) in [5.74, 6) is -0.941. The molecule has 0 saturated heterocycles. The minimum atomic E-state index is -1.24. The van der Waals surface area contributed by atoms with E-state index in [0.29, 0.717) is 5.56 Å². The number of benzene rings is 2. The molecule has 2 aromatic rings. The van der Waals surface area contributed by atoms with Crippen LogP contribution in [0.4, 0.5) is 4.39 Å². The molecule has 0 aliphatic carbocycles. The molecule has 0 saturated carbocycles. The summed E-state index contributed by atoms with van der Waals surface area (Å²) in [6.45, 7) is 0. The molecule has 0 spiro atoms. The number of hydrogen-bond acceptors (Lipinski definition) is 2. The summed E-state index contributed by atoms with van der Waals surface area (Å²) >= 11 is 0. The van der Waals surface area contributed by atoms with Crippen LogP contribution >= 0.6 is 0 Å². The van der Waals surface area contributed by atoms with Gasteiger partial charge < -0.3 is 4.74 Å². The minimum Gasteiger partial charge on any atom is -0.469 e. The molecule has 0 radical (unpaired) electrons. The van der Waals surface area contributed by atoms with E-state index >= 15 is 0 Å². The summed E-state index contributed by atoms with van der Waals surface area (Å²) in [4.78, 5) is 11.5. The van der Waals surface area contributed by atoms with Crippen LogP contribution in [0.25, 0.3) is 0 Å². The second kappa shape index (κ2) is 6.85. The summed E-state index contributed by atoms with van der Waals surface area (Å²) in [6.07, 6.45) is -1.21. The Balaban J connectivity index is 2.29. The smallest absolute Gasteiger partial charge is 0.306 e. The lowest BCUT2D eigenvalue weighted by molar-refractivity contribution is -0.141. The molecule has 2 rings (SSSR count). The monoisotopic (exact) mass is 272 g/mol. The second-order valence-corrected chi connectivity index (χ2v) is 4.61. The molecular weight excluding hydrogens is 255 g/mol. The molecule has 0 heterocycles. The van der Waals surface area contributed by atoms with E-state index in [1.54, 1.807) is 24.3 Å². The first kappa shape index (κ1) is 14.3. The first-order chi connectivity index (χ1) is 9.72. The molecule has 20 heavy (non-hydrogen) atoms. The zero-order chi connectivity index (χ0) is 14.4. The third-order valence-corrected chi connectivity index (χ3v) is 3.31. The van der Waals surface area contributed by atoms with Crippen LogP contribution in [0.3, 0.4) is 0 Å². The van der Waals surface area contributed by atoms with E-state index in [2.05, 4.69) is 4.74 Å². The summed E-state index contributed by atoms with van der Waals surface area (Å²) in [5, 5.41) is 0. The molecule has 0 aliphatic heterocycles. The number of alkyl halides is 1. The highest BCUT2D eigenvalue weighted by atomic mass is 19.1. The summed E-state index contributed by atoms with van der Waals surface area (Å²) in [5.41, 5.74) is 1.37. The average molecular weight is 272 g/mol. The van der Waals surface area contributed by atoms with Gasteiger partial charge in [0.1, 0.15) is 6.17 Å². The Labute approximate surface area is 118 Å². The molecule has 0 bridgehead atoms. The van der Waals surface area contributed by atoms with E-state index in [-0.39, 0.29) is 6.42 Å². The predicted octanol–water partition coefficient (Wildman–Crippen LogP) is 4.04. The van der Waals surface area contributed by atoms with Gasteiger partial charge in [-0.05, 0) is 11.1 Å². The highest BCUT2D eigenvalue weighted by Crippen LogP contribution is 2.36. The van der Waals surface area contributed by atoms with E-state index in [0.717, 1.165) is 5.56 Å². The zero-order valence-electron chi connectivity index (χ0n) is 11.3. The summed E-state index contributed by atoms with van der Waals surface area (Å²) < 4.78 is 19.5. The van der Waals surface area contributed by atoms with Gasteiger partial charge in [0.25, 0.3) is 0 Å². The molecule has 2 atom stereocenters. The Morgan fingerprint density at radius 2 is 1.50 bits per heavy atom. The fraction of sp³-hybridized carbons (Fsp3) is 0.235. The van der Waals surface area contributed by atoms with E-state index in [9.17, 15) is 9.18 Å². The van der Waals surface area contributed by atoms with Crippen molar-refractivity contribution in [3.05, 3.63) is 71.8 Å². The van der Waals surface area contributed by atoms with Gasteiger partial charge in [-0.25, -0.2) is 4.39 Å². The second-order valence-electron chi connectivity index (χ2n) is 4.61. The Kier molecular flexibility index (Phi) is 4.88.